The lowest BCUT2D eigenvalue weighted by atomic mass is 9.86. The van der Waals surface area contributed by atoms with E-state index in [1.165, 1.54) is 38.5 Å². The van der Waals surface area contributed by atoms with Gasteiger partial charge < -0.3 is 0 Å². The van der Waals surface area contributed by atoms with Crippen LogP contribution in [0.4, 0.5) is 0 Å². The number of carbonyl (C=O) groups excluding carboxylic acids is 1. The van der Waals surface area contributed by atoms with Crippen LogP contribution in [0.15, 0.2) is 0 Å². The first kappa shape index (κ1) is 16.7. The Kier molecular flexibility index (Phi) is 7.67. The second-order valence-corrected chi connectivity index (χ2v) is 6.00. The quantitative estimate of drug-likeness (QED) is 0.540. The summed E-state index contributed by atoms with van der Waals surface area (Å²) < 4.78 is 0. The lowest BCUT2D eigenvalue weighted by Gasteiger charge is -2.39. The van der Waals surface area contributed by atoms with Gasteiger partial charge in [-0.15, -0.1) is 0 Å². The van der Waals surface area contributed by atoms with Gasteiger partial charge in [0.05, 0.1) is 5.54 Å². The fraction of sp³-hybridized carbons (Fsp3) is 0.941. The fourth-order valence-corrected chi connectivity index (χ4v) is 3.68. The summed E-state index contributed by atoms with van der Waals surface area (Å²) in [4.78, 5) is 15.1. The average Bonchev–Trinajstić information content (AvgIpc) is 2.90. The third kappa shape index (κ3) is 4.30. The van der Waals surface area contributed by atoms with E-state index in [0.717, 1.165) is 38.8 Å². The molecule has 19 heavy (non-hydrogen) atoms. The van der Waals surface area contributed by atoms with Gasteiger partial charge in [0.25, 0.3) is 0 Å². The molecular formula is C17H33NO. The number of ketones is 1. The molecule has 0 aromatic heterocycles. The molecule has 0 bridgehead atoms. The van der Waals surface area contributed by atoms with Crippen LogP contribution in [0.2, 0.25) is 0 Å². The summed E-state index contributed by atoms with van der Waals surface area (Å²) in [5.41, 5.74) is -0.0890. The number of likely N-dealkylation sites (N-methyl/N-ethyl adjacent to an activating group) is 1. The summed E-state index contributed by atoms with van der Waals surface area (Å²) in [5.74, 6) is 0.533. The topological polar surface area (TPSA) is 20.3 Å². The van der Waals surface area contributed by atoms with E-state index in [1.807, 2.05) is 0 Å². The first-order valence-electron chi connectivity index (χ1n) is 8.49. The van der Waals surface area contributed by atoms with E-state index >= 15 is 0 Å². The van der Waals surface area contributed by atoms with Gasteiger partial charge in [0.15, 0.2) is 5.78 Å². The van der Waals surface area contributed by atoms with Crippen molar-refractivity contribution in [2.75, 3.05) is 13.1 Å². The zero-order chi connectivity index (χ0) is 14.1. The summed E-state index contributed by atoms with van der Waals surface area (Å²) in [7, 11) is 0. The van der Waals surface area contributed by atoms with Crippen molar-refractivity contribution in [2.24, 2.45) is 0 Å². The minimum Gasteiger partial charge on any atom is -0.298 e. The number of carbonyl (C=O) groups is 1. The molecule has 0 unspecified atom stereocenters. The Morgan fingerprint density at radius 1 is 0.947 bits per heavy atom. The van der Waals surface area contributed by atoms with E-state index < -0.39 is 0 Å². The number of hydrogen-bond donors (Lipinski definition) is 0. The zero-order valence-corrected chi connectivity index (χ0v) is 13.3. The molecule has 0 amide bonds. The van der Waals surface area contributed by atoms with Crippen LogP contribution in [-0.2, 0) is 4.79 Å². The lowest BCUT2D eigenvalue weighted by Crippen LogP contribution is -2.52. The number of hydrogen-bond acceptors (Lipinski definition) is 2. The third-order valence-corrected chi connectivity index (χ3v) is 4.83. The van der Waals surface area contributed by atoms with E-state index in [9.17, 15) is 4.79 Å². The maximum atomic E-state index is 12.7. The van der Waals surface area contributed by atoms with Crippen LogP contribution in [0.3, 0.4) is 0 Å². The number of nitrogens with zero attached hydrogens (tertiary/aromatic N) is 1. The molecular weight excluding hydrogens is 234 g/mol. The van der Waals surface area contributed by atoms with E-state index in [4.69, 9.17) is 0 Å². The van der Waals surface area contributed by atoms with Crippen molar-refractivity contribution >= 4 is 5.78 Å². The molecule has 2 heteroatoms. The molecule has 0 heterocycles. The van der Waals surface area contributed by atoms with E-state index in [0.29, 0.717) is 5.78 Å². The highest BCUT2D eigenvalue weighted by molar-refractivity contribution is 5.88. The highest BCUT2D eigenvalue weighted by Gasteiger charge is 2.43. The number of rotatable bonds is 10. The Hall–Kier alpha value is -0.370. The summed E-state index contributed by atoms with van der Waals surface area (Å²) in [6, 6.07) is 0. The molecule has 0 radical (unpaired) electrons. The predicted octanol–water partition coefficient (Wildman–Crippen LogP) is 4.57. The van der Waals surface area contributed by atoms with Crippen LogP contribution in [0.1, 0.15) is 85.0 Å². The SMILES string of the molecule is CCCCCCCC(=O)C1(N(CC)CC)CCCC1. The molecule has 1 saturated carbocycles. The minimum absolute atomic E-state index is 0.0890. The van der Waals surface area contributed by atoms with Crippen molar-refractivity contribution in [3.8, 4) is 0 Å². The molecule has 112 valence electrons. The fourth-order valence-electron chi connectivity index (χ4n) is 3.68. The highest BCUT2D eigenvalue weighted by Crippen LogP contribution is 2.37. The van der Waals surface area contributed by atoms with Gasteiger partial charge >= 0.3 is 0 Å². The van der Waals surface area contributed by atoms with Crippen LogP contribution in [-0.4, -0.2) is 29.3 Å². The summed E-state index contributed by atoms with van der Waals surface area (Å²) in [6.45, 7) is 8.64. The van der Waals surface area contributed by atoms with Crippen molar-refractivity contribution in [2.45, 2.75) is 90.5 Å². The van der Waals surface area contributed by atoms with Crippen molar-refractivity contribution in [1.82, 2.24) is 4.90 Å². The van der Waals surface area contributed by atoms with Gasteiger partial charge in [-0.25, -0.2) is 0 Å². The van der Waals surface area contributed by atoms with Gasteiger partial charge in [-0.2, -0.15) is 0 Å². The van der Waals surface area contributed by atoms with Crippen LogP contribution >= 0.6 is 0 Å². The van der Waals surface area contributed by atoms with Crippen molar-refractivity contribution in [3.05, 3.63) is 0 Å². The molecule has 1 aliphatic carbocycles. The van der Waals surface area contributed by atoms with E-state index in [2.05, 4.69) is 25.7 Å². The maximum Gasteiger partial charge on any atom is 0.153 e. The van der Waals surface area contributed by atoms with Gasteiger partial charge in [0.2, 0.25) is 0 Å². The Morgan fingerprint density at radius 3 is 2.05 bits per heavy atom. The highest BCUT2D eigenvalue weighted by atomic mass is 16.1. The maximum absolute atomic E-state index is 12.7. The molecule has 1 fully saturated rings. The molecule has 0 aromatic carbocycles. The monoisotopic (exact) mass is 267 g/mol. The third-order valence-electron chi connectivity index (χ3n) is 4.83. The molecule has 0 aliphatic heterocycles. The largest absolute Gasteiger partial charge is 0.298 e. The van der Waals surface area contributed by atoms with Gasteiger partial charge in [0.1, 0.15) is 0 Å². The Morgan fingerprint density at radius 2 is 1.53 bits per heavy atom. The molecule has 0 spiro atoms. The van der Waals surface area contributed by atoms with Gasteiger partial charge in [-0.1, -0.05) is 59.3 Å². The number of unbranched alkanes of at least 4 members (excludes halogenated alkanes) is 4. The second-order valence-electron chi connectivity index (χ2n) is 6.00. The summed E-state index contributed by atoms with van der Waals surface area (Å²) in [5, 5.41) is 0. The van der Waals surface area contributed by atoms with E-state index in [-0.39, 0.29) is 5.54 Å². The molecule has 2 nitrogen and oxygen atoms in total. The van der Waals surface area contributed by atoms with E-state index in [1.54, 1.807) is 0 Å². The summed E-state index contributed by atoms with van der Waals surface area (Å²) in [6.07, 6.45) is 11.7. The van der Waals surface area contributed by atoms with Crippen molar-refractivity contribution in [1.29, 1.82) is 0 Å². The van der Waals surface area contributed by atoms with Gasteiger partial charge in [-0.3, -0.25) is 9.69 Å². The minimum atomic E-state index is -0.0890. The summed E-state index contributed by atoms with van der Waals surface area (Å²) >= 11 is 0. The van der Waals surface area contributed by atoms with Crippen LogP contribution < -0.4 is 0 Å². The van der Waals surface area contributed by atoms with Crippen LogP contribution in [0.25, 0.3) is 0 Å². The molecule has 1 rings (SSSR count). The van der Waals surface area contributed by atoms with Crippen LogP contribution in [0, 0.1) is 0 Å². The van der Waals surface area contributed by atoms with Gasteiger partial charge in [-0.05, 0) is 32.4 Å². The molecule has 0 aromatic rings. The van der Waals surface area contributed by atoms with Crippen molar-refractivity contribution in [3.63, 3.8) is 0 Å². The standard InChI is InChI=1S/C17H33NO/c1-4-7-8-9-10-13-16(19)17(14-11-12-15-17)18(5-2)6-3/h4-15H2,1-3H3. The molecule has 1 aliphatic rings. The Labute approximate surface area is 119 Å². The molecule has 0 atom stereocenters. The zero-order valence-electron chi connectivity index (χ0n) is 13.3. The lowest BCUT2D eigenvalue weighted by molar-refractivity contribution is -0.131. The Balaban J connectivity index is 2.49. The first-order chi connectivity index (χ1) is 9.21. The average molecular weight is 267 g/mol. The molecule has 0 saturated heterocycles. The smallest absolute Gasteiger partial charge is 0.153 e. The van der Waals surface area contributed by atoms with Gasteiger partial charge in [0, 0.05) is 6.42 Å². The Bertz CT molecular complexity index is 252. The molecule has 0 N–H and O–H groups in total. The van der Waals surface area contributed by atoms with Crippen LogP contribution in [0.5, 0.6) is 0 Å². The number of Topliss-reactive ketones (excluding diaryl/α,β-unsaturated/α-hetero) is 1. The predicted molar refractivity (Wildman–Crippen MR) is 82.5 cm³/mol. The normalized spacial score (nSPS) is 18.1. The first-order valence-corrected chi connectivity index (χ1v) is 8.49. The second kappa shape index (κ2) is 8.73. The van der Waals surface area contributed by atoms with Crippen molar-refractivity contribution < 1.29 is 4.79 Å².